The molecule has 0 amide bonds. The molecule has 212 valence electrons. The smallest absolute Gasteiger partial charge is 0.0919 e. The Morgan fingerprint density at radius 2 is 1.00 bits per heavy atom. The zero-order valence-electron chi connectivity index (χ0n) is 25.1. The summed E-state index contributed by atoms with van der Waals surface area (Å²) in [5.74, 6) is 0. The summed E-state index contributed by atoms with van der Waals surface area (Å²) in [6, 6.07) is 11.6. The van der Waals surface area contributed by atoms with Crippen LogP contribution in [-0.4, -0.2) is 28.5 Å². The molecule has 0 spiro atoms. The first-order chi connectivity index (χ1) is 18.3. The number of nitrogens with zero attached hydrogens (tertiary/aromatic N) is 1. The molecule has 3 heteroatoms. The number of hydrogen-bond donors (Lipinski definition) is 1. The summed E-state index contributed by atoms with van der Waals surface area (Å²) in [6.45, 7) is 6.99. The van der Waals surface area contributed by atoms with Crippen LogP contribution in [-0.2, 0) is 6.16 Å². The third kappa shape index (κ3) is 19.6. The molecule has 1 aromatic heterocycles. The van der Waals surface area contributed by atoms with E-state index >= 15 is 0 Å². The second kappa shape index (κ2) is 25.2. The molecule has 1 heterocycles. The van der Waals surface area contributed by atoms with Crippen molar-refractivity contribution in [1.82, 2.24) is 9.97 Å². The van der Waals surface area contributed by atoms with E-state index in [9.17, 15) is 0 Å². The molecule has 0 atom stereocenters. The van der Waals surface area contributed by atoms with Gasteiger partial charge in [-0.05, 0) is 44.1 Å². The monoisotopic (exact) mass is 529 g/mol. The van der Waals surface area contributed by atoms with Gasteiger partial charge in [0.05, 0.1) is 31.0 Å². The molecule has 1 aromatic carbocycles. The van der Waals surface area contributed by atoms with Crippen molar-refractivity contribution in [2.75, 3.05) is 18.5 Å². The fourth-order valence-electron chi connectivity index (χ4n) is 5.44. The molecule has 2 nitrogen and oxygen atoms in total. The van der Waals surface area contributed by atoms with E-state index in [-0.39, 0.29) is 0 Å². The van der Waals surface area contributed by atoms with Gasteiger partial charge < -0.3 is 4.98 Å². The lowest BCUT2D eigenvalue weighted by molar-refractivity contribution is 0.615. The van der Waals surface area contributed by atoms with Gasteiger partial charge >= 0.3 is 0 Å². The van der Waals surface area contributed by atoms with Crippen molar-refractivity contribution >= 4 is 7.26 Å². The molecular weight excluding hydrogens is 467 g/mol. The van der Waals surface area contributed by atoms with Crippen molar-refractivity contribution in [3.63, 3.8) is 0 Å². The molecule has 0 fully saturated rings. The molecule has 0 aliphatic carbocycles. The van der Waals surface area contributed by atoms with Crippen LogP contribution in [0, 0.1) is 0 Å². The largest absolute Gasteiger partial charge is 0.351 e. The van der Waals surface area contributed by atoms with Crippen molar-refractivity contribution < 1.29 is 0 Å². The molecule has 0 unspecified atom stereocenters. The van der Waals surface area contributed by atoms with Gasteiger partial charge in [0.15, 0.2) is 0 Å². The van der Waals surface area contributed by atoms with Crippen LogP contribution in [0.3, 0.4) is 0 Å². The summed E-state index contributed by atoms with van der Waals surface area (Å²) < 4.78 is 0. The van der Waals surface area contributed by atoms with Crippen molar-refractivity contribution in [3.05, 3.63) is 54.6 Å². The first-order valence-corrected chi connectivity index (χ1v) is 18.6. The Labute approximate surface area is 232 Å². The van der Waals surface area contributed by atoms with Crippen LogP contribution in [0.2, 0.25) is 0 Å². The first-order valence-electron chi connectivity index (χ1n) is 16.1. The number of aromatic amines is 1. The van der Waals surface area contributed by atoms with Crippen LogP contribution in [0.5, 0.6) is 0 Å². The number of benzene rings is 1. The van der Waals surface area contributed by atoms with Gasteiger partial charge in [0.1, 0.15) is 0 Å². The lowest BCUT2D eigenvalue weighted by atomic mass is 10.1. The highest BCUT2D eigenvalue weighted by atomic mass is 31.2. The van der Waals surface area contributed by atoms with Crippen LogP contribution in [0.4, 0.5) is 0 Å². The average molecular weight is 530 g/mol. The van der Waals surface area contributed by atoms with Crippen LogP contribution in [0.15, 0.2) is 49.1 Å². The Morgan fingerprint density at radius 3 is 1.35 bits per heavy atom. The third-order valence-corrected chi connectivity index (χ3v) is 12.6. The Hall–Kier alpha value is -1.14. The van der Waals surface area contributed by atoms with Gasteiger partial charge in [-0.3, -0.25) is 0 Å². The second-order valence-corrected chi connectivity index (χ2v) is 15.6. The molecule has 2 rings (SSSR count). The van der Waals surface area contributed by atoms with E-state index in [0.717, 1.165) is 0 Å². The van der Waals surface area contributed by atoms with E-state index < -0.39 is 7.26 Å². The van der Waals surface area contributed by atoms with Crippen LogP contribution < -0.4 is 0 Å². The van der Waals surface area contributed by atoms with Crippen molar-refractivity contribution in [2.45, 2.75) is 143 Å². The Morgan fingerprint density at radius 1 is 0.568 bits per heavy atom. The quantitative estimate of drug-likeness (QED) is 0.112. The van der Waals surface area contributed by atoms with Gasteiger partial charge in [-0.2, -0.15) is 0 Å². The number of imidazole rings is 1. The normalized spacial score (nSPS) is 11.3. The fraction of sp³-hybridized carbons (Fsp3) is 0.735. The third-order valence-electron chi connectivity index (χ3n) is 7.72. The maximum atomic E-state index is 3.67. The highest BCUT2D eigenvalue weighted by Gasteiger charge is 2.35. The van der Waals surface area contributed by atoms with Crippen LogP contribution >= 0.6 is 7.26 Å². The van der Waals surface area contributed by atoms with Crippen molar-refractivity contribution in [2.24, 2.45) is 0 Å². The molecule has 0 aliphatic heterocycles. The van der Waals surface area contributed by atoms with E-state index in [1.54, 1.807) is 42.8 Å². The number of rotatable bonds is 23. The lowest BCUT2D eigenvalue weighted by Crippen LogP contribution is -2.12. The lowest BCUT2D eigenvalue weighted by Gasteiger charge is -2.28. The number of aromatic nitrogens is 2. The Bertz CT molecular complexity index is 612. The van der Waals surface area contributed by atoms with E-state index in [1.807, 2.05) is 0 Å². The molecule has 0 saturated heterocycles. The zero-order chi connectivity index (χ0) is 26.7. The van der Waals surface area contributed by atoms with Crippen LogP contribution in [0.25, 0.3) is 0 Å². The molecule has 1 N–H and O–H groups in total. The van der Waals surface area contributed by atoms with Crippen molar-refractivity contribution in [3.8, 4) is 0 Å². The molecule has 0 radical (unpaired) electrons. The maximum Gasteiger partial charge on any atom is 0.0919 e. The van der Waals surface area contributed by atoms with Gasteiger partial charge in [-0.15, -0.1) is 0 Å². The van der Waals surface area contributed by atoms with Gasteiger partial charge in [0.2, 0.25) is 0 Å². The molecule has 37 heavy (non-hydrogen) atoms. The minimum Gasteiger partial charge on any atom is -0.351 e. The molecule has 0 aliphatic rings. The molecule has 0 bridgehead atoms. The van der Waals surface area contributed by atoms with Gasteiger partial charge in [-0.1, -0.05) is 128 Å². The molecular formula is C34H62N2P+. The van der Waals surface area contributed by atoms with Gasteiger partial charge in [0, 0.05) is 19.7 Å². The average Bonchev–Trinajstić information content (AvgIpc) is 3.51. The SMILES string of the molecule is CCCCCCCC[P+](CCCCCCCC)(CCCCCCCC)Cc1ccccc1.c1c[nH]cn1. The second-order valence-electron chi connectivity index (χ2n) is 11.2. The Balaban J connectivity index is 0.00000121. The number of nitrogens with one attached hydrogen (secondary N) is 1. The predicted molar refractivity (Wildman–Crippen MR) is 170 cm³/mol. The minimum atomic E-state index is -0.885. The van der Waals surface area contributed by atoms with Gasteiger partial charge in [-0.25, -0.2) is 4.98 Å². The van der Waals surface area contributed by atoms with Gasteiger partial charge in [0.25, 0.3) is 0 Å². The summed E-state index contributed by atoms with van der Waals surface area (Å²) >= 11 is 0. The van der Waals surface area contributed by atoms with E-state index in [1.165, 1.54) is 122 Å². The van der Waals surface area contributed by atoms with E-state index in [4.69, 9.17) is 0 Å². The summed E-state index contributed by atoms with van der Waals surface area (Å²) in [6.07, 6.45) is 37.3. The summed E-state index contributed by atoms with van der Waals surface area (Å²) in [5.41, 5.74) is 1.63. The molecule has 0 saturated carbocycles. The number of hydrogen-bond acceptors (Lipinski definition) is 1. The predicted octanol–water partition coefficient (Wildman–Crippen LogP) is 11.7. The highest BCUT2D eigenvalue weighted by Crippen LogP contribution is 2.63. The number of unbranched alkanes of at least 4 members (excludes halogenated alkanes) is 15. The zero-order valence-corrected chi connectivity index (χ0v) is 26.0. The standard InChI is InChI=1S/C31H58P.C3H4N2/c1-4-7-10-13-16-22-27-32(28-23-17-14-11-8-5-2,29-24-18-15-12-9-6-3)30-31-25-20-19-21-26-31;1-2-5-3-4-1/h19-21,25-26H,4-18,22-24,27-30H2,1-3H3;1-3H,(H,4,5)/q+1;. The minimum absolute atomic E-state index is 0.885. The van der Waals surface area contributed by atoms with Crippen molar-refractivity contribution in [1.29, 1.82) is 0 Å². The Kier molecular flexibility index (Phi) is 23.0. The summed E-state index contributed by atoms with van der Waals surface area (Å²) in [5, 5.41) is 0. The van der Waals surface area contributed by atoms with E-state index in [0.29, 0.717) is 0 Å². The highest BCUT2D eigenvalue weighted by molar-refractivity contribution is 7.75. The van der Waals surface area contributed by atoms with E-state index in [2.05, 4.69) is 61.1 Å². The number of H-pyrrole nitrogens is 1. The fourth-order valence-corrected chi connectivity index (χ4v) is 10.3. The van der Waals surface area contributed by atoms with Crippen LogP contribution in [0.1, 0.15) is 142 Å². The maximum absolute atomic E-state index is 3.67. The molecule has 2 aromatic rings. The topological polar surface area (TPSA) is 28.7 Å². The first kappa shape index (κ1) is 33.9. The summed E-state index contributed by atoms with van der Waals surface area (Å²) in [7, 11) is -0.885. The summed E-state index contributed by atoms with van der Waals surface area (Å²) in [4.78, 5) is 6.42.